The summed E-state index contributed by atoms with van der Waals surface area (Å²) >= 11 is 0. The molecule has 7 heteroatoms. The van der Waals surface area contributed by atoms with E-state index in [1.807, 2.05) is 33.7 Å². The minimum atomic E-state index is -0.306. The number of urea groups is 1. The molecule has 0 bridgehead atoms. The Hall–Kier alpha value is -2.28. The molecule has 3 heterocycles. The van der Waals surface area contributed by atoms with Gasteiger partial charge in [-0.05, 0) is 37.8 Å². The van der Waals surface area contributed by atoms with Gasteiger partial charge < -0.3 is 15.6 Å². The number of carbonyl (C=O) groups excluding carboxylic acids is 1. The lowest BCUT2D eigenvalue weighted by Crippen LogP contribution is -2.50. The lowest BCUT2D eigenvalue weighted by molar-refractivity contribution is 0.107. The van der Waals surface area contributed by atoms with Gasteiger partial charge in [-0.2, -0.15) is 0 Å². The topological polar surface area (TPSA) is 87.4 Å². The fourth-order valence-corrected chi connectivity index (χ4v) is 4.94. The van der Waals surface area contributed by atoms with Crippen LogP contribution in [0.4, 0.5) is 4.79 Å². The molecule has 2 aromatic rings. The summed E-state index contributed by atoms with van der Waals surface area (Å²) in [6.45, 7) is 4.77. The predicted octanol–water partition coefficient (Wildman–Crippen LogP) is 1.90. The third-order valence-corrected chi connectivity index (χ3v) is 6.17. The number of fused-ring (bicyclic) bond motifs is 1. The van der Waals surface area contributed by atoms with Crippen LogP contribution >= 0.6 is 0 Å². The number of amides is 2. The number of H-pyrrole nitrogens is 1. The predicted molar refractivity (Wildman–Crippen MR) is 101 cm³/mol. The number of nitrogens with zero attached hydrogens (tertiary/aromatic N) is 3. The number of hydrogen-bond donors (Lipinski definition) is 2. The number of nitrogens with two attached hydrogens (primary N) is 1. The number of primary amides is 1. The number of likely N-dealkylation sites (tertiary alicyclic amines) is 2. The van der Waals surface area contributed by atoms with Gasteiger partial charge in [0.15, 0.2) is 0 Å². The summed E-state index contributed by atoms with van der Waals surface area (Å²) in [6.07, 6.45) is 3.81. The molecular weight excluding hydrogens is 330 g/mol. The van der Waals surface area contributed by atoms with Gasteiger partial charge in [-0.15, -0.1) is 0 Å². The summed E-state index contributed by atoms with van der Waals surface area (Å²) in [6, 6.07) is 8.39. The maximum absolute atomic E-state index is 12.4. The van der Waals surface area contributed by atoms with Crippen molar-refractivity contribution < 1.29 is 4.79 Å². The maximum atomic E-state index is 12.4. The van der Waals surface area contributed by atoms with Crippen LogP contribution in [0.5, 0.6) is 0 Å². The number of hydrogen-bond acceptors (Lipinski definition) is 3. The minimum absolute atomic E-state index is 0.0168. The van der Waals surface area contributed by atoms with Gasteiger partial charge in [-0.3, -0.25) is 9.47 Å². The zero-order valence-electron chi connectivity index (χ0n) is 15.2. The van der Waals surface area contributed by atoms with Crippen molar-refractivity contribution in [3.63, 3.8) is 0 Å². The summed E-state index contributed by atoms with van der Waals surface area (Å²) < 4.78 is 1.92. The van der Waals surface area contributed by atoms with E-state index in [9.17, 15) is 9.59 Å². The standard InChI is InChI=1S/C19H27N5O2/c1-2-15-17(9-12-23(15)18(20)25)22-10-7-13(8-11-22)24-16-6-4-3-5-14(16)21-19(24)26/h3-6,13,15,17H,2,7-12H2,1H3,(H2,20,25)(H,21,26). The molecule has 2 amide bonds. The summed E-state index contributed by atoms with van der Waals surface area (Å²) in [4.78, 5) is 31.4. The molecule has 1 aromatic carbocycles. The number of carbonyl (C=O) groups is 1. The van der Waals surface area contributed by atoms with Crippen LogP contribution in [0.2, 0.25) is 0 Å². The molecule has 0 radical (unpaired) electrons. The molecule has 140 valence electrons. The molecule has 2 atom stereocenters. The largest absolute Gasteiger partial charge is 0.351 e. The number of rotatable bonds is 3. The molecule has 26 heavy (non-hydrogen) atoms. The second kappa shape index (κ2) is 6.79. The smallest absolute Gasteiger partial charge is 0.326 e. The van der Waals surface area contributed by atoms with E-state index in [0.717, 1.165) is 56.4 Å². The maximum Gasteiger partial charge on any atom is 0.326 e. The van der Waals surface area contributed by atoms with E-state index in [-0.39, 0.29) is 23.8 Å². The summed E-state index contributed by atoms with van der Waals surface area (Å²) in [5, 5.41) is 0. The summed E-state index contributed by atoms with van der Waals surface area (Å²) in [5.74, 6) is 0. The first-order chi connectivity index (χ1) is 12.6. The SMILES string of the molecule is CCC1C(N2CCC(n3c(=O)[nH]c4ccccc43)CC2)CCN1C(N)=O. The van der Waals surface area contributed by atoms with Crippen LogP contribution in [0.3, 0.4) is 0 Å². The molecular formula is C19H27N5O2. The van der Waals surface area contributed by atoms with Gasteiger partial charge in [0.1, 0.15) is 0 Å². The molecule has 7 nitrogen and oxygen atoms in total. The highest BCUT2D eigenvalue weighted by molar-refractivity contribution is 5.75. The first-order valence-electron chi connectivity index (χ1n) is 9.59. The van der Waals surface area contributed by atoms with Gasteiger partial charge in [-0.1, -0.05) is 19.1 Å². The van der Waals surface area contributed by atoms with Gasteiger partial charge in [0.05, 0.1) is 11.0 Å². The lowest BCUT2D eigenvalue weighted by Gasteiger charge is -2.39. The minimum Gasteiger partial charge on any atom is -0.351 e. The average molecular weight is 357 g/mol. The normalized spacial score (nSPS) is 25.2. The van der Waals surface area contributed by atoms with Crippen molar-refractivity contribution in [1.29, 1.82) is 0 Å². The van der Waals surface area contributed by atoms with Crippen LogP contribution in [0.25, 0.3) is 11.0 Å². The Morgan fingerprint density at radius 2 is 1.92 bits per heavy atom. The van der Waals surface area contributed by atoms with Gasteiger partial charge in [0.25, 0.3) is 0 Å². The van der Waals surface area contributed by atoms with E-state index < -0.39 is 0 Å². The Kier molecular flexibility index (Phi) is 4.48. The molecule has 3 N–H and O–H groups in total. The fraction of sp³-hybridized carbons (Fsp3) is 0.579. The molecule has 2 unspecified atom stereocenters. The second-order valence-corrected chi connectivity index (χ2v) is 7.45. The fourth-order valence-electron chi connectivity index (χ4n) is 4.94. The van der Waals surface area contributed by atoms with Crippen LogP contribution in [0, 0.1) is 0 Å². The van der Waals surface area contributed by atoms with E-state index in [1.165, 1.54) is 0 Å². The first-order valence-corrected chi connectivity index (χ1v) is 9.59. The van der Waals surface area contributed by atoms with Crippen LogP contribution < -0.4 is 11.4 Å². The van der Waals surface area contributed by atoms with E-state index in [2.05, 4.69) is 16.8 Å². The Morgan fingerprint density at radius 1 is 1.19 bits per heavy atom. The highest BCUT2D eigenvalue weighted by atomic mass is 16.2. The molecule has 0 spiro atoms. The lowest BCUT2D eigenvalue weighted by atomic mass is 9.98. The van der Waals surface area contributed by atoms with Crippen molar-refractivity contribution in [1.82, 2.24) is 19.4 Å². The van der Waals surface area contributed by atoms with E-state index in [4.69, 9.17) is 5.73 Å². The number of aromatic nitrogens is 2. The molecule has 2 aliphatic rings. The van der Waals surface area contributed by atoms with Crippen molar-refractivity contribution in [3.8, 4) is 0 Å². The summed E-state index contributed by atoms with van der Waals surface area (Å²) in [7, 11) is 0. The number of piperidine rings is 1. The molecule has 1 aromatic heterocycles. The highest BCUT2D eigenvalue weighted by Gasteiger charge is 2.39. The molecule has 0 saturated carbocycles. The third-order valence-electron chi connectivity index (χ3n) is 6.17. The van der Waals surface area contributed by atoms with Crippen LogP contribution in [-0.4, -0.2) is 57.1 Å². The van der Waals surface area contributed by atoms with Crippen molar-refractivity contribution >= 4 is 17.1 Å². The van der Waals surface area contributed by atoms with E-state index in [1.54, 1.807) is 0 Å². The summed E-state index contributed by atoms with van der Waals surface area (Å²) in [5.41, 5.74) is 7.41. The number of imidazole rings is 1. The van der Waals surface area contributed by atoms with Gasteiger partial charge in [-0.25, -0.2) is 9.59 Å². The Bertz CT molecular complexity index is 849. The number of para-hydroxylation sites is 2. The molecule has 4 rings (SSSR count). The van der Waals surface area contributed by atoms with Crippen molar-refractivity contribution in [2.45, 2.75) is 50.7 Å². The zero-order valence-corrected chi connectivity index (χ0v) is 15.2. The zero-order chi connectivity index (χ0) is 18.3. The molecule has 2 aliphatic heterocycles. The van der Waals surface area contributed by atoms with Gasteiger partial charge in [0.2, 0.25) is 0 Å². The quantitative estimate of drug-likeness (QED) is 0.879. The monoisotopic (exact) mass is 357 g/mol. The van der Waals surface area contributed by atoms with E-state index >= 15 is 0 Å². The Labute approximate surface area is 152 Å². The van der Waals surface area contributed by atoms with Crippen LogP contribution in [0.1, 0.15) is 38.6 Å². The Balaban J connectivity index is 1.48. The van der Waals surface area contributed by atoms with Gasteiger partial charge >= 0.3 is 11.7 Å². The molecule has 2 fully saturated rings. The number of benzene rings is 1. The molecule has 0 aliphatic carbocycles. The van der Waals surface area contributed by atoms with Crippen molar-refractivity contribution in [2.75, 3.05) is 19.6 Å². The number of nitrogens with one attached hydrogen (secondary N) is 1. The third kappa shape index (κ3) is 2.80. The van der Waals surface area contributed by atoms with Crippen molar-refractivity contribution in [3.05, 3.63) is 34.7 Å². The van der Waals surface area contributed by atoms with Crippen LogP contribution in [0.15, 0.2) is 29.1 Å². The second-order valence-electron chi connectivity index (χ2n) is 7.45. The van der Waals surface area contributed by atoms with Crippen LogP contribution in [-0.2, 0) is 0 Å². The average Bonchev–Trinajstić information content (AvgIpc) is 3.22. The highest BCUT2D eigenvalue weighted by Crippen LogP contribution is 2.31. The van der Waals surface area contributed by atoms with Gasteiger partial charge in [0, 0.05) is 37.8 Å². The first kappa shape index (κ1) is 17.1. The van der Waals surface area contributed by atoms with E-state index in [0.29, 0.717) is 6.04 Å². The van der Waals surface area contributed by atoms with Crippen molar-refractivity contribution in [2.24, 2.45) is 5.73 Å². The Morgan fingerprint density at radius 3 is 2.62 bits per heavy atom. The molecule has 2 saturated heterocycles. The number of aromatic amines is 1.